The molecule has 1 aromatic carbocycles. The molecule has 0 aliphatic carbocycles. The van der Waals surface area contributed by atoms with Crippen molar-refractivity contribution < 1.29 is 9.13 Å². The number of halogens is 2. The summed E-state index contributed by atoms with van der Waals surface area (Å²) in [6.45, 7) is 2.75. The maximum Gasteiger partial charge on any atom is 0.131 e. The largest absolute Gasteiger partial charge is 0.497 e. The lowest BCUT2D eigenvalue weighted by Gasteiger charge is -2.29. The van der Waals surface area contributed by atoms with Crippen molar-refractivity contribution in [1.82, 2.24) is 4.90 Å². The Hall–Kier alpha value is -0.610. The summed E-state index contributed by atoms with van der Waals surface area (Å²) in [4.78, 5) is 2.92. The number of hydrogen-bond acceptors (Lipinski definition) is 2. The summed E-state index contributed by atoms with van der Waals surface area (Å²) in [6.07, 6.45) is 2.27. The first kappa shape index (κ1) is 12.8. The molecule has 2 rings (SSSR count). The molecule has 1 aromatic rings. The van der Waals surface area contributed by atoms with Gasteiger partial charge in [-0.15, -0.1) is 0 Å². The van der Waals surface area contributed by atoms with Crippen LogP contribution in [0.4, 0.5) is 4.39 Å². The van der Waals surface area contributed by atoms with E-state index in [9.17, 15) is 4.39 Å². The van der Waals surface area contributed by atoms with Gasteiger partial charge in [-0.1, -0.05) is 22.0 Å². The van der Waals surface area contributed by atoms with E-state index in [0.29, 0.717) is 17.1 Å². The van der Waals surface area contributed by atoms with E-state index in [1.54, 1.807) is 7.11 Å². The van der Waals surface area contributed by atoms with Gasteiger partial charge in [-0.25, -0.2) is 4.39 Å². The number of ether oxygens (including phenoxy) is 1. The second-order valence-electron chi connectivity index (χ2n) is 4.41. The van der Waals surface area contributed by atoms with Gasteiger partial charge in [0.25, 0.3) is 0 Å². The summed E-state index contributed by atoms with van der Waals surface area (Å²) in [6, 6.07) is 5.08. The molecular formula is C13H17BrFNO. The molecule has 0 amide bonds. The average molecular weight is 302 g/mol. The number of likely N-dealkylation sites (tertiary alicyclic amines) is 1. The molecule has 0 saturated carbocycles. The lowest BCUT2D eigenvalue weighted by Crippen LogP contribution is -2.33. The van der Waals surface area contributed by atoms with Crippen LogP contribution >= 0.6 is 15.9 Å². The van der Waals surface area contributed by atoms with Gasteiger partial charge in [-0.05, 0) is 32.0 Å². The predicted octanol–water partition coefficient (Wildman–Crippen LogP) is 3.19. The van der Waals surface area contributed by atoms with Gasteiger partial charge in [0.15, 0.2) is 0 Å². The first-order valence-corrected chi connectivity index (χ1v) is 6.79. The van der Waals surface area contributed by atoms with Gasteiger partial charge in [0.1, 0.15) is 11.6 Å². The molecule has 1 aliphatic heterocycles. The Kier molecular flexibility index (Phi) is 4.40. The maximum absolute atomic E-state index is 13.8. The second-order valence-corrected chi connectivity index (χ2v) is 5.70. The molecule has 17 heavy (non-hydrogen) atoms. The maximum atomic E-state index is 13.8. The SMILES string of the molecule is COc1ccc(CN2CCC(Br)CC2)c(F)c1. The topological polar surface area (TPSA) is 12.5 Å². The van der Waals surface area contributed by atoms with Crippen LogP contribution < -0.4 is 4.74 Å². The molecule has 4 heteroatoms. The Balaban J connectivity index is 1.99. The van der Waals surface area contributed by atoms with E-state index in [2.05, 4.69) is 20.8 Å². The molecule has 0 atom stereocenters. The third kappa shape index (κ3) is 3.42. The summed E-state index contributed by atoms with van der Waals surface area (Å²) < 4.78 is 18.7. The van der Waals surface area contributed by atoms with Crippen LogP contribution in [-0.2, 0) is 6.54 Å². The second kappa shape index (κ2) is 5.83. The Morgan fingerprint density at radius 3 is 2.71 bits per heavy atom. The number of hydrogen-bond donors (Lipinski definition) is 0. The van der Waals surface area contributed by atoms with Gasteiger partial charge in [0.05, 0.1) is 7.11 Å². The fraction of sp³-hybridized carbons (Fsp3) is 0.538. The van der Waals surface area contributed by atoms with Crippen molar-refractivity contribution in [2.75, 3.05) is 20.2 Å². The normalized spacial score (nSPS) is 18.3. The average Bonchev–Trinajstić information content (AvgIpc) is 2.34. The first-order chi connectivity index (χ1) is 8.19. The predicted molar refractivity (Wildman–Crippen MR) is 70.2 cm³/mol. The Morgan fingerprint density at radius 1 is 1.41 bits per heavy atom. The van der Waals surface area contributed by atoms with Gasteiger partial charge in [0, 0.05) is 23.0 Å². The highest BCUT2D eigenvalue weighted by Gasteiger charge is 2.17. The summed E-state index contributed by atoms with van der Waals surface area (Å²) in [5, 5.41) is 0. The van der Waals surface area contributed by atoms with Crippen LogP contribution in [0.2, 0.25) is 0 Å². The first-order valence-electron chi connectivity index (χ1n) is 5.88. The van der Waals surface area contributed by atoms with Gasteiger partial charge in [-0.3, -0.25) is 4.90 Å². The molecule has 0 bridgehead atoms. The van der Waals surface area contributed by atoms with Crippen LogP contribution in [-0.4, -0.2) is 29.9 Å². The summed E-state index contributed by atoms with van der Waals surface area (Å²) in [5.41, 5.74) is 0.749. The Morgan fingerprint density at radius 2 is 2.12 bits per heavy atom. The van der Waals surface area contributed by atoms with E-state index in [1.165, 1.54) is 6.07 Å². The minimum Gasteiger partial charge on any atom is -0.497 e. The zero-order valence-electron chi connectivity index (χ0n) is 9.96. The smallest absolute Gasteiger partial charge is 0.131 e. The Labute approximate surface area is 110 Å². The van der Waals surface area contributed by atoms with Crippen LogP contribution in [0.5, 0.6) is 5.75 Å². The number of nitrogens with zero attached hydrogens (tertiary/aromatic N) is 1. The molecule has 94 valence electrons. The van der Waals surface area contributed by atoms with Crippen molar-refractivity contribution in [2.24, 2.45) is 0 Å². The zero-order chi connectivity index (χ0) is 12.3. The lowest BCUT2D eigenvalue weighted by molar-refractivity contribution is 0.223. The highest BCUT2D eigenvalue weighted by atomic mass is 79.9. The van der Waals surface area contributed by atoms with Crippen molar-refractivity contribution in [1.29, 1.82) is 0 Å². The minimum atomic E-state index is -0.176. The monoisotopic (exact) mass is 301 g/mol. The lowest BCUT2D eigenvalue weighted by atomic mass is 10.1. The zero-order valence-corrected chi connectivity index (χ0v) is 11.5. The standard InChI is InChI=1S/C13H17BrFNO/c1-17-12-3-2-10(13(15)8-12)9-16-6-4-11(14)5-7-16/h2-3,8,11H,4-7,9H2,1H3. The minimum absolute atomic E-state index is 0.176. The van der Waals surface area contributed by atoms with Crippen molar-refractivity contribution in [3.8, 4) is 5.75 Å². The van der Waals surface area contributed by atoms with Crippen LogP contribution in [0, 0.1) is 5.82 Å². The van der Waals surface area contributed by atoms with Gasteiger partial charge < -0.3 is 4.74 Å². The van der Waals surface area contributed by atoms with Crippen molar-refractivity contribution >= 4 is 15.9 Å². The summed E-state index contributed by atoms with van der Waals surface area (Å²) >= 11 is 3.62. The highest BCUT2D eigenvalue weighted by molar-refractivity contribution is 9.09. The van der Waals surface area contributed by atoms with Crippen LogP contribution in [0.15, 0.2) is 18.2 Å². The van der Waals surface area contributed by atoms with E-state index >= 15 is 0 Å². The third-order valence-electron chi connectivity index (χ3n) is 3.17. The van der Waals surface area contributed by atoms with Crippen molar-refractivity contribution in [3.63, 3.8) is 0 Å². The molecule has 1 saturated heterocycles. The van der Waals surface area contributed by atoms with Gasteiger partial charge >= 0.3 is 0 Å². The molecule has 2 nitrogen and oxygen atoms in total. The van der Waals surface area contributed by atoms with E-state index < -0.39 is 0 Å². The highest BCUT2D eigenvalue weighted by Crippen LogP contribution is 2.21. The van der Waals surface area contributed by atoms with Crippen LogP contribution in [0.1, 0.15) is 18.4 Å². The molecule has 0 spiro atoms. The number of piperidine rings is 1. The summed E-state index contributed by atoms with van der Waals surface area (Å²) in [5.74, 6) is 0.399. The van der Waals surface area contributed by atoms with Gasteiger partial charge in [-0.2, -0.15) is 0 Å². The molecule has 1 heterocycles. The molecule has 1 aliphatic rings. The molecule has 1 fully saturated rings. The van der Waals surface area contributed by atoms with E-state index in [1.807, 2.05) is 12.1 Å². The quantitative estimate of drug-likeness (QED) is 0.795. The number of benzene rings is 1. The number of methoxy groups -OCH3 is 1. The summed E-state index contributed by atoms with van der Waals surface area (Å²) in [7, 11) is 1.55. The van der Waals surface area contributed by atoms with Crippen molar-refractivity contribution in [3.05, 3.63) is 29.6 Å². The van der Waals surface area contributed by atoms with Crippen LogP contribution in [0.3, 0.4) is 0 Å². The third-order valence-corrected chi connectivity index (χ3v) is 4.09. The fourth-order valence-corrected chi connectivity index (χ4v) is 2.49. The van der Waals surface area contributed by atoms with E-state index in [0.717, 1.165) is 31.5 Å². The van der Waals surface area contributed by atoms with E-state index in [-0.39, 0.29) is 5.82 Å². The molecule has 0 radical (unpaired) electrons. The van der Waals surface area contributed by atoms with Crippen molar-refractivity contribution in [2.45, 2.75) is 24.2 Å². The molecule has 0 unspecified atom stereocenters. The van der Waals surface area contributed by atoms with Gasteiger partial charge in [0.2, 0.25) is 0 Å². The molecule has 0 N–H and O–H groups in total. The fourth-order valence-electron chi connectivity index (χ4n) is 2.08. The number of alkyl halides is 1. The van der Waals surface area contributed by atoms with E-state index in [4.69, 9.17) is 4.74 Å². The molecular weight excluding hydrogens is 285 g/mol. The van der Waals surface area contributed by atoms with Crippen LogP contribution in [0.25, 0.3) is 0 Å². The number of rotatable bonds is 3. The molecule has 0 aromatic heterocycles. The Bertz CT molecular complexity index is 378.